The third kappa shape index (κ3) is 2.12. The minimum absolute atomic E-state index is 0.0748. The lowest BCUT2D eigenvalue weighted by Crippen LogP contribution is -2.10. The van der Waals surface area contributed by atoms with Gasteiger partial charge in [0.25, 0.3) is 0 Å². The van der Waals surface area contributed by atoms with Crippen molar-refractivity contribution in [2.75, 3.05) is 0 Å². The van der Waals surface area contributed by atoms with E-state index in [1.807, 2.05) is 6.92 Å². The first kappa shape index (κ1) is 10.8. The first-order chi connectivity index (χ1) is 7.70. The van der Waals surface area contributed by atoms with Crippen molar-refractivity contribution in [2.24, 2.45) is 5.73 Å². The predicted octanol–water partition coefficient (Wildman–Crippen LogP) is 2.63. The van der Waals surface area contributed by atoms with E-state index >= 15 is 0 Å². The van der Waals surface area contributed by atoms with Gasteiger partial charge in [0, 0.05) is 0 Å². The molecule has 3 N–H and O–H groups in total. The van der Waals surface area contributed by atoms with E-state index in [-0.39, 0.29) is 11.9 Å². The monoisotopic (exact) mass is 219 g/mol. The summed E-state index contributed by atoms with van der Waals surface area (Å²) in [5.41, 5.74) is 7.62. The molecule has 0 bridgehead atoms. The fourth-order valence-corrected chi connectivity index (χ4v) is 1.49. The number of imidazole rings is 1. The van der Waals surface area contributed by atoms with Crippen molar-refractivity contribution in [1.29, 1.82) is 0 Å². The summed E-state index contributed by atoms with van der Waals surface area (Å²) in [6.45, 7) is 2.00. The highest BCUT2D eigenvalue weighted by atomic mass is 19.1. The number of rotatable bonds is 3. The molecule has 3 nitrogen and oxygen atoms in total. The summed E-state index contributed by atoms with van der Waals surface area (Å²) in [6.07, 6.45) is 2.55. The largest absolute Gasteiger partial charge is 0.341 e. The molecule has 0 amide bonds. The maximum atomic E-state index is 12.7. The highest BCUT2D eigenvalue weighted by molar-refractivity contribution is 5.58. The van der Waals surface area contributed by atoms with E-state index in [4.69, 9.17) is 5.73 Å². The van der Waals surface area contributed by atoms with E-state index in [2.05, 4.69) is 9.97 Å². The summed E-state index contributed by atoms with van der Waals surface area (Å²) in [5, 5.41) is 0. The maximum Gasteiger partial charge on any atom is 0.123 e. The fraction of sp³-hybridized carbons (Fsp3) is 0.250. The fourth-order valence-electron chi connectivity index (χ4n) is 1.49. The zero-order chi connectivity index (χ0) is 11.5. The third-order valence-corrected chi connectivity index (χ3v) is 2.54. The van der Waals surface area contributed by atoms with Crippen LogP contribution in [0.5, 0.6) is 0 Å². The second-order valence-electron chi connectivity index (χ2n) is 3.70. The van der Waals surface area contributed by atoms with E-state index in [0.717, 1.165) is 23.5 Å². The summed E-state index contributed by atoms with van der Waals surface area (Å²) in [7, 11) is 0. The number of benzene rings is 1. The van der Waals surface area contributed by atoms with Crippen LogP contribution < -0.4 is 5.73 Å². The van der Waals surface area contributed by atoms with Gasteiger partial charge in [0.2, 0.25) is 0 Å². The van der Waals surface area contributed by atoms with Crippen LogP contribution in [0.25, 0.3) is 11.3 Å². The van der Waals surface area contributed by atoms with E-state index in [0.29, 0.717) is 0 Å². The molecule has 1 aromatic heterocycles. The van der Waals surface area contributed by atoms with Crippen molar-refractivity contribution < 1.29 is 4.39 Å². The molecule has 0 aliphatic heterocycles. The first-order valence-corrected chi connectivity index (χ1v) is 5.27. The van der Waals surface area contributed by atoms with Crippen molar-refractivity contribution in [3.05, 3.63) is 42.1 Å². The van der Waals surface area contributed by atoms with Crippen LogP contribution in [0.4, 0.5) is 4.39 Å². The smallest absolute Gasteiger partial charge is 0.123 e. The SMILES string of the molecule is CC[C@@H](N)c1ncc(-c2ccc(F)cc2)[nH]1. The number of hydrogen-bond donors (Lipinski definition) is 2. The first-order valence-electron chi connectivity index (χ1n) is 5.27. The lowest BCUT2D eigenvalue weighted by atomic mass is 10.2. The molecule has 1 atom stereocenters. The average Bonchev–Trinajstić information content (AvgIpc) is 2.78. The van der Waals surface area contributed by atoms with Crippen LogP contribution in [0.1, 0.15) is 25.2 Å². The van der Waals surface area contributed by atoms with Gasteiger partial charge in [0.05, 0.1) is 17.9 Å². The van der Waals surface area contributed by atoms with Crippen molar-refractivity contribution in [2.45, 2.75) is 19.4 Å². The van der Waals surface area contributed by atoms with E-state index < -0.39 is 0 Å². The number of hydrogen-bond acceptors (Lipinski definition) is 2. The second kappa shape index (κ2) is 4.45. The number of halogens is 1. The molecule has 1 heterocycles. The Morgan fingerprint density at radius 3 is 2.69 bits per heavy atom. The predicted molar refractivity (Wildman–Crippen MR) is 61.2 cm³/mol. The van der Waals surface area contributed by atoms with Crippen LogP contribution in [0.15, 0.2) is 30.5 Å². The Morgan fingerprint density at radius 1 is 1.38 bits per heavy atom. The van der Waals surface area contributed by atoms with Gasteiger partial charge in [-0.3, -0.25) is 0 Å². The molecule has 2 aromatic rings. The number of aromatic amines is 1. The Morgan fingerprint density at radius 2 is 2.06 bits per heavy atom. The summed E-state index contributed by atoms with van der Waals surface area (Å²) >= 11 is 0. The molecule has 0 fully saturated rings. The Bertz CT molecular complexity index is 461. The molecular formula is C12H14FN3. The molecule has 16 heavy (non-hydrogen) atoms. The van der Waals surface area contributed by atoms with Crippen LogP contribution in [-0.2, 0) is 0 Å². The normalized spacial score (nSPS) is 12.7. The van der Waals surface area contributed by atoms with Crippen molar-refractivity contribution >= 4 is 0 Å². The molecule has 2 rings (SSSR count). The summed E-state index contributed by atoms with van der Waals surface area (Å²) in [5.74, 6) is 0.524. The minimum Gasteiger partial charge on any atom is -0.341 e. The van der Waals surface area contributed by atoms with Gasteiger partial charge in [-0.05, 0) is 36.2 Å². The average molecular weight is 219 g/mol. The molecule has 4 heteroatoms. The number of nitrogens with one attached hydrogen (secondary N) is 1. The van der Waals surface area contributed by atoms with Gasteiger partial charge in [-0.1, -0.05) is 6.92 Å². The third-order valence-electron chi connectivity index (χ3n) is 2.54. The zero-order valence-corrected chi connectivity index (χ0v) is 9.07. The highest BCUT2D eigenvalue weighted by Gasteiger charge is 2.08. The molecule has 0 spiro atoms. The van der Waals surface area contributed by atoms with Gasteiger partial charge in [-0.25, -0.2) is 9.37 Å². The Balaban J connectivity index is 2.28. The van der Waals surface area contributed by atoms with Gasteiger partial charge >= 0.3 is 0 Å². The molecule has 0 aliphatic rings. The van der Waals surface area contributed by atoms with E-state index in [1.165, 1.54) is 12.1 Å². The van der Waals surface area contributed by atoms with Gasteiger partial charge in [-0.15, -0.1) is 0 Å². The Hall–Kier alpha value is -1.68. The lowest BCUT2D eigenvalue weighted by Gasteiger charge is -2.03. The lowest BCUT2D eigenvalue weighted by molar-refractivity contribution is 0.628. The number of nitrogens with zero attached hydrogens (tertiary/aromatic N) is 1. The molecule has 0 unspecified atom stereocenters. The maximum absolute atomic E-state index is 12.7. The van der Waals surface area contributed by atoms with Crippen LogP contribution in [0.3, 0.4) is 0 Å². The molecule has 0 radical (unpaired) electrons. The summed E-state index contributed by atoms with van der Waals surface area (Å²) < 4.78 is 12.7. The number of aromatic nitrogens is 2. The van der Waals surface area contributed by atoms with Gasteiger partial charge in [-0.2, -0.15) is 0 Å². The molecular weight excluding hydrogens is 205 g/mol. The van der Waals surface area contributed by atoms with Crippen LogP contribution in [0, 0.1) is 5.82 Å². The number of H-pyrrole nitrogens is 1. The summed E-state index contributed by atoms with van der Waals surface area (Å²) in [4.78, 5) is 7.35. The molecule has 0 aliphatic carbocycles. The van der Waals surface area contributed by atoms with Crippen LogP contribution >= 0.6 is 0 Å². The molecule has 84 valence electrons. The van der Waals surface area contributed by atoms with Crippen LogP contribution in [-0.4, -0.2) is 9.97 Å². The zero-order valence-electron chi connectivity index (χ0n) is 9.07. The molecule has 1 aromatic carbocycles. The van der Waals surface area contributed by atoms with Crippen molar-refractivity contribution in [3.8, 4) is 11.3 Å². The molecule has 0 saturated heterocycles. The van der Waals surface area contributed by atoms with Gasteiger partial charge in [0.15, 0.2) is 0 Å². The van der Waals surface area contributed by atoms with Gasteiger partial charge in [0.1, 0.15) is 11.6 Å². The van der Waals surface area contributed by atoms with Crippen molar-refractivity contribution in [1.82, 2.24) is 9.97 Å². The second-order valence-corrected chi connectivity index (χ2v) is 3.70. The highest BCUT2D eigenvalue weighted by Crippen LogP contribution is 2.19. The number of nitrogens with two attached hydrogens (primary N) is 1. The Kier molecular flexibility index (Phi) is 3.01. The topological polar surface area (TPSA) is 54.7 Å². The van der Waals surface area contributed by atoms with Crippen molar-refractivity contribution in [3.63, 3.8) is 0 Å². The van der Waals surface area contributed by atoms with Gasteiger partial charge < -0.3 is 10.7 Å². The summed E-state index contributed by atoms with van der Waals surface area (Å²) in [6, 6.07) is 6.20. The van der Waals surface area contributed by atoms with Crippen LogP contribution in [0.2, 0.25) is 0 Å². The Labute approximate surface area is 93.5 Å². The minimum atomic E-state index is -0.242. The molecule has 0 saturated carbocycles. The quantitative estimate of drug-likeness (QED) is 0.833. The van der Waals surface area contributed by atoms with E-state index in [1.54, 1.807) is 18.3 Å². The van der Waals surface area contributed by atoms with E-state index in [9.17, 15) is 4.39 Å². The standard InChI is InChI=1S/C12H14FN3/c1-2-10(14)12-15-7-11(16-12)8-3-5-9(13)6-4-8/h3-7,10H,2,14H2,1H3,(H,15,16)/t10-/m1/s1.